The molecule has 0 aliphatic heterocycles. The fourth-order valence-corrected chi connectivity index (χ4v) is 8.07. The molecule has 0 spiro atoms. The number of aliphatic hydroxyl groups is 1. The van der Waals surface area contributed by atoms with Gasteiger partial charge in [0.15, 0.2) is 6.10 Å². The first-order chi connectivity index (χ1) is 37.2. The van der Waals surface area contributed by atoms with Crippen LogP contribution < -0.4 is 0 Å². The molecule has 12 heteroatoms. The quantitative estimate of drug-likeness (QED) is 0.0197. The number of hydrogen-bond acceptors (Lipinski definition) is 10. The van der Waals surface area contributed by atoms with Crippen LogP contribution in [0.25, 0.3) is 0 Å². The maximum atomic E-state index is 12.9. The molecule has 0 fully saturated rings. The van der Waals surface area contributed by atoms with Gasteiger partial charge in [0.05, 0.1) is 26.2 Å². The highest BCUT2D eigenvalue weighted by molar-refractivity contribution is 7.47. The van der Waals surface area contributed by atoms with Gasteiger partial charge in [0.1, 0.15) is 12.7 Å². The van der Waals surface area contributed by atoms with Crippen molar-refractivity contribution in [3.63, 3.8) is 0 Å². The molecular formula is C64H103O11P. The summed E-state index contributed by atoms with van der Waals surface area (Å²) in [7, 11) is -4.79. The van der Waals surface area contributed by atoms with Crippen LogP contribution in [0.2, 0.25) is 0 Å². The van der Waals surface area contributed by atoms with Crippen molar-refractivity contribution in [3.8, 4) is 0 Å². The molecular weight excluding hydrogens is 976 g/mol. The Balaban J connectivity index is 4.85. The molecule has 0 aliphatic rings. The van der Waals surface area contributed by atoms with Gasteiger partial charge in [-0.15, -0.1) is 0 Å². The van der Waals surface area contributed by atoms with Crippen molar-refractivity contribution < 1.29 is 52.2 Å². The SMILES string of the molecule is CC/C=C\C/C=C\C/C=C\C/C=C\C/C=C\CC(=O)OC(CO)COP(=O)(O)OCC(COC(=O)CCCCCCCCC/C=C\C/C=C\C/C=C\CC)OC(=O)CCCCCCCCC/C=C\C/C=C\C/C=C\CC. The Morgan fingerprint density at radius 3 is 1.09 bits per heavy atom. The molecule has 0 bridgehead atoms. The largest absolute Gasteiger partial charge is 0.472 e. The van der Waals surface area contributed by atoms with Gasteiger partial charge < -0.3 is 24.2 Å². The lowest BCUT2D eigenvalue weighted by molar-refractivity contribution is -0.161. The fourth-order valence-electron chi connectivity index (χ4n) is 7.28. The highest BCUT2D eigenvalue weighted by atomic mass is 31.2. The lowest BCUT2D eigenvalue weighted by atomic mass is 10.1. The lowest BCUT2D eigenvalue weighted by Crippen LogP contribution is -2.30. The second-order valence-electron chi connectivity index (χ2n) is 18.7. The molecule has 0 amide bonds. The average Bonchev–Trinajstić information content (AvgIpc) is 3.41. The van der Waals surface area contributed by atoms with E-state index in [0.29, 0.717) is 19.3 Å². The molecule has 2 N–H and O–H groups in total. The van der Waals surface area contributed by atoms with Gasteiger partial charge in [-0.05, 0) is 109 Å². The van der Waals surface area contributed by atoms with Gasteiger partial charge in [0.2, 0.25) is 0 Å². The summed E-state index contributed by atoms with van der Waals surface area (Å²) in [6.07, 6.45) is 71.5. The predicted molar refractivity (Wildman–Crippen MR) is 316 cm³/mol. The van der Waals surface area contributed by atoms with E-state index in [1.54, 1.807) is 6.08 Å². The first-order valence-electron chi connectivity index (χ1n) is 29.1. The number of rotatable bonds is 52. The van der Waals surface area contributed by atoms with E-state index in [0.717, 1.165) is 141 Å². The number of carbonyl (C=O) groups is 3. The van der Waals surface area contributed by atoms with E-state index >= 15 is 0 Å². The molecule has 0 saturated heterocycles. The highest BCUT2D eigenvalue weighted by Gasteiger charge is 2.28. The van der Waals surface area contributed by atoms with Gasteiger partial charge in [-0.1, -0.05) is 219 Å². The van der Waals surface area contributed by atoms with Crippen molar-refractivity contribution in [3.05, 3.63) is 134 Å². The van der Waals surface area contributed by atoms with Crippen LogP contribution in [0.3, 0.4) is 0 Å². The van der Waals surface area contributed by atoms with E-state index in [9.17, 15) is 28.9 Å². The number of carbonyl (C=O) groups excluding carboxylic acids is 3. The van der Waals surface area contributed by atoms with E-state index in [-0.39, 0.29) is 25.9 Å². The molecule has 430 valence electrons. The molecule has 3 atom stereocenters. The van der Waals surface area contributed by atoms with E-state index in [1.807, 2.05) is 18.2 Å². The van der Waals surface area contributed by atoms with Gasteiger partial charge >= 0.3 is 25.7 Å². The van der Waals surface area contributed by atoms with Crippen LogP contribution in [0, 0.1) is 0 Å². The fraction of sp³-hybridized carbons (Fsp3) is 0.609. The third-order valence-corrected chi connectivity index (χ3v) is 12.5. The summed E-state index contributed by atoms with van der Waals surface area (Å²) in [6, 6.07) is 0. The summed E-state index contributed by atoms with van der Waals surface area (Å²) in [4.78, 5) is 48.5. The second kappa shape index (κ2) is 56.8. The highest BCUT2D eigenvalue weighted by Crippen LogP contribution is 2.43. The van der Waals surface area contributed by atoms with Crippen molar-refractivity contribution in [1.82, 2.24) is 0 Å². The van der Waals surface area contributed by atoms with Gasteiger partial charge in [0.25, 0.3) is 0 Å². The summed E-state index contributed by atoms with van der Waals surface area (Å²) in [5.41, 5.74) is 0. The minimum atomic E-state index is -4.79. The molecule has 0 aliphatic carbocycles. The van der Waals surface area contributed by atoms with Crippen molar-refractivity contribution in [2.45, 2.75) is 226 Å². The molecule has 0 saturated carbocycles. The van der Waals surface area contributed by atoms with Crippen molar-refractivity contribution in [2.24, 2.45) is 0 Å². The minimum Gasteiger partial charge on any atom is -0.462 e. The summed E-state index contributed by atoms with van der Waals surface area (Å²) < 4.78 is 39.4. The number of hydrogen-bond donors (Lipinski definition) is 2. The Kier molecular flexibility index (Phi) is 53.5. The molecule has 0 aromatic carbocycles. The first-order valence-corrected chi connectivity index (χ1v) is 30.6. The number of phosphoric acid groups is 1. The minimum absolute atomic E-state index is 0.0627. The maximum absolute atomic E-state index is 12.9. The van der Waals surface area contributed by atoms with Gasteiger partial charge in [-0.25, -0.2) is 4.57 Å². The van der Waals surface area contributed by atoms with Crippen LogP contribution in [0.15, 0.2) is 134 Å². The lowest BCUT2D eigenvalue weighted by Gasteiger charge is -2.21. The van der Waals surface area contributed by atoms with Crippen LogP contribution in [0.5, 0.6) is 0 Å². The maximum Gasteiger partial charge on any atom is 0.472 e. The van der Waals surface area contributed by atoms with Crippen molar-refractivity contribution >= 4 is 25.7 Å². The smallest absolute Gasteiger partial charge is 0.462 e. The number of ether oxygens (including phenoxy) is 3. The van der Waals surface area contributed by atoms with Gasteiger partial charge in [0, 0.05) is 12.8 Å². The number of phosphoric ester groups is 1. The van der Waals surface area contributed by atoms with Crippen LogP contribution in [-0.2, 0) is 42.2 Å². The molecule has 3 unspecified atom stereocenters. The zero-order chi connectivity index (χ0) is 55.5. The topological polar surface area (TPSA) is 155 Å². The van der Waals surface area contributed by atoms with Crippen LogP contribution in [0.4, 0.5) is 0 Å². The standard InChI is InChI=1S/C64H103O11P/c1-4-7-10-13-16-19-22-25-28-30-33-35-38-41-44-47-50-53-62(66)71-57-61(75-64(68)55-52-49-46-43-40-37-34-31-29-26-23-20-17-14-11-8-5-2)59-73-76(69,70)72-58-60(56-65)74-63(67)54-51-48-45-42-39-36-32-27-24-21-18-15-12-9-6-3/h7-12,16-21,25-29,32,39,42,48,51,60-61,65H,4-6,13-15,22-24,30-31,33-38,40-41,43-47,49-50,52-59H2,1-3H3,(H,69,70)/b10-7-,11-8-,12-9-,19-16-,20-17-,21-18-,28-25-,29-26-,32-27-,42-39-,51-48-. The summed E-state index contributed by atoms with van der Waals surface area (Å²) in [5, 5.41) is 9.80. The molecule has 11 nitrogen and oxygen atoms in total. The number of aliphatic hydroxyl groups excluding tert-OH is 1. The number of allylic oxidation sites excluding steroid dienone is 21. The predicted octanol–water partition coefficient (Wildman–Crippen LogP) is 17.4. The molecule has 0 radical (unpaired) electrons. The zero-order valence-electron chi connectivity index (χ0n) is 47.4. The van der Waals surface area contributed by atoms with Gasteiger partial charge in [-0.3, -0.25) is 23.4 Å². The van der Waals surface area contributed by atoms with Crippen molar-refractivity contribution in [2.75, 3.05) is 26.4 Å². The molecule has 76 heavy (non-hydrogen) atoms. The van der Waals surface area contributed by atoms with Crippen molar-refractivity contribution in [1.29, 1.82) is 0 Å². The number of unbranched alkanes of at least 4 members (excludes halogenated alkanes) is 14. The summed E-state index contributed by atoms with van der Waals surface area (Å²) >= 11 is 0. The summed E-state index contributed by atoms with van der Waals surface area (Å²) in [5.74, 6) is -1.64. The van der Waals surface area contributed by atoms with E-state index in [2.05, 4.69) is 130 Å². The zero-order valence-corrected chi connectivity index (χ0v) is 48.3. The normalized spacial score (nSPS) is 14.3. The Labute approximate surface area is 461 Å². The number of esters is 3. The molecule has 0 heterocycles. The van der Waals surface area contributed by atoms with Gasteiger partial charge in [-0.2, -0.15) is 0 Å². The Bertz CT molecular complexity index is 1780. The first kappa shape index (κ1) is 71.6. The third-order valence-electron chi connectivity index (χ3n) is 11.6. The Hall–Kier alpha value is -4.38. The Morgan fingerprint density at radius 2 is 0.697 bits per heavy atom. The Morgan fingerprint density at radius 1 is 0.382 bits per heavy atom. The van der Waals surface area contributed by atoms with Crippen LogP contribution in [-0.4, -0.2) is 66.5 Å². The van der Waals surface area contributed by atoms with E-state index in [4.69, 9.17) is 23.3 Å². The molecule has 0 rings (SSSR count). The molecule has 0 aromatic heterocycles. The van der Waals surface area contributed by atoms with E-state index in [1.165, 1.54) is 12.8 Å². The monoisotopic (exact) mass is 1080 g/mol. The third kappa shape index (κ3) is 54.4. The van der Waals surface area contributed by atoms with E-state index < -0.39 is 57.8 Å². The average molecular weight is 1080 g/mol. The second-order valence-corrected chi connectivity index (χ2v) is 20.1. The molecule has 0 aromatic rings. The van der Waals surface area contributed by atoms with Crippen LogP contribution in [0.1, 0.15) is 213 Å². The van der Waals surface area contributed by atoms with Crippen LogP contribution >= 0.6 is 7.82 Å². The summed E-state index contributed by atoms with van der Waals surface area (Å²) in [6.45, 7) is 4.16.